The number of hydrogen-bond acceptors (Lipinski definition) is 9. The van der Waals surface area contributed by atoms with Crippen LogP contribution >= 0.6 is 0 Å². The number of rotatable bonds is 24. The molecule has 6 aliphatic carbocycles. The second-order valence-electron chi connectivity index (χ2n) is 31.5. The van der Waals surface area contributed by atoms with E-state index in [0.717, 1.165) is 117 Å². The summed E-state index contributed by atoms with van der Waals surface area (Å²) in [7, 11) is 5.16. The number of Topliss-reactive ketones (excluding diaryl/α,β-unsaturated/α-hetero) is 3. The minimum absolute atomic E-state index is 0.0104. The first-order valence-corrected chi connectivity index (χ1v) is 39.3. The summed E-state index contributed by atoms with van der Waals surface area (Å²) in [5.41, 5.74) is 15.7. The molecule has 111 heavy (non-hydrogen) atoms. The molecule has 1 aromatic heterocycles. The summed E-state index contributed by atoms with van der Waals surface area (Å²) in [5.74, 6) is 5.12. The van der Waals surface area contributed by atoms with Crippen LogP contribution in [-0.2, 0) is 40.7 Å². The molecule has 0 amide bonds. The smallest absolute Gasteiger partial charge is 0.134 e. The molecule has 11 aromatic rings. The number of methoxy groups -OCH3 is 2. The van der Waals surface area contributed by atoms with Gasteiger partial charge < -0.3 is 38.2 Å². The number of para-hydroxylation sites is 1. The number of hydrogen-bond donors (Lipinski definition) is 1. The number of aromatic hydroxyl groups is 1. The lowest BCUT2D eigenvalue weighted by Gasteiger charge is -2.24. The topological polar surface area (TPSA) is 123 Å². The molecule has 0 aliphatic heterocycles. The van der Waals surface area contributed by atoms with Crippen LogP contribution in [-0.4, -0.2) is 41.2 Å². The number of ether oxygens (including phenoxy) is 5. The van der Waals surface area contributed by atoms with Gasteiger partial charge in [-0.25, -0.2) is 17.6 Å². The van der Waals surface area contributed by atoms with Crippen molar-refractivity contribution in [3.8, 4) is 79.0 Å². The van der Waals surface area contributed by atoms with Crippen molar-refractivity contribution < 1.29 is 60.7 Å². The van der Waals surface area contributed by atoms with E-state index in [1.54, 1.807) is 46.1 Å². The monoisotopic (exact) mass is 1490 g/mol. The van der Waals surface area contributed by atoms with Gasteiger partial charge >= 0.3 is 0 Å². The molecule has 1 N–H and O–H groups in total. The maximum Gasteiger partial charge on any atom is 0.134 e. The van der Waals surface area contributed by atoms with Crippen LogP contribution in [0.2, 0.25) is 0 Å². The van der Waals surface area contributed by atoms with Crippen molar-refractivity contribution in [1.29, 1.82) is 0 Å². The number of benzene rings is 10. The summed E-state index contributed by atoms with van der Waals surface area (Å²) >= 11 is 0. The quantitative estimate of drug-likeness (QED) is 0.0589. The van der Waals surface area contributed by atoms with E-state index in [9.17, 15) is 28.3 Å². The largest absolute Gasteiger partial charge is 0.508 e. The molecule has 6 aliphatic rings. The van der Waals surface area contributed by atoms with Crippen LogP contribution in [0.3, 0.4) is 0 Å². The number of carbonyl (C=O) groups is 3. The number of aromatic nitrogens is 1. The summed E-state index contributed by atoms with van der Waals surface area (Å²) < 4.78 is 92.0. The van der Waals surface area contributed by atoms with Crippen molar-refractivity contribution in [2.45, 2.75) is 154 Å². The van der Waals surface area contributed by atoms with E-state index in [0.29, 0.717) is 65.2 Å². The number of phenols is 1. The van der Waals surface area contributed by atoms with E-state index in [-0.39, 0.29) is 93.8 Å². The molecule has 0 bridgehead atoms. The van der Waals surface area contributed by atoms with Gasteiger partial charge in [-0.05, 0) is 297 Å². The van der Waals surface area contributed by atoms with E-state index in [1.807, 2.05) is 73.7 Å². The number of ketones is 3. The second-order valence-corrected chi connectivity index (χ2v) is 31.5. The van der Waals surface area contributed by atoms with E-state index < -0.39 is 11.6 Å². The summed E-state index contributed by atoms with van der Waals surface area (Å²) in [6, 6.07) is 60.0. The Morgan fingerprint density at radius 3 is 1.50 bits per heavy atom. The van der Waals surface area contributed by atoms with Crippen LogP contribution in [0.5, 0.6) is 34.5 Å². The van der Waals surface area contributed by atoms with Gasteiger partial charge in [0.05, 0.1) is 19.7 Å². The maximum atomic E-state index is 15.5. The zero-order valence-electron chi connectivity index (χ0n) is 64.3. The van der Waals surface area contributed by atoms with Crippen LogP contribution in [0.4, 0.5) is 17.6 Å². The van der Waals surface area contributed by atoms with Gasteiger partial charge in [0.1, 0.15) is 93.4 Å². The number of phenolic OH excluding ortho intramolecular Hbond substituents is 1. The third-order valence-electron chi connectivity index (χ3n) is 24.1. The first-order valence-electron chi connectivity index (χ1n) is 39.3. The first-order chi connectivity index (χ1) is 53.7. The van der Waals surface area contributed by atoms with Gasteiger partial charge in [-0.2, -0.15) is 0 Å². The van der Waals surface area contributed by atoms with Crippen LogP contribution in [0.15, 0.2) is 200 Å². The highest BCUT2D eigenvalue weighted by atomic mass is 19.1. The lowest BCUT2D eigenvalue weighted by atomic mass is 9.81. The van der Waals surface area contributed by atoms with Crippen molar-refractivity contribution >= 4 is 28.3 Å². The lowest BCUT2D eigenvalue weighted by Crippen LogP contribution is -2.19. The van der Waals surface area contributed by atoms with Crippen molar-refractivity contribution in [3.05, 3.63) is 274 Å². The average molecular weight is 1490 g/mol. The number of fused-ring (bicyclic) bond motifs is 4. The van der Waals surface area contributed by atoms with E-state index >= 15 is 8.78 Å². The highest BCUT2D eigenvalue weighted by Crippen LogP contribution is 2.53. The molecule has 0 unspecified atom stereocenters. The molecule has 1 heterocycles. The van der Waals surface area contributed by atoms with Crippen LogP contribution in [0.25, 0.3) is 55.4 Å². The lowest BCUT2D eigenvalue weighted by molar-refractivity contribution is -0.121. The molecule has 10 nitrogen and oxygen atoms in total. The standard InChI is InChI=1S/C39H38FNO3.C29H28F2O3.C29H29FO3/c1-23(24(2)42)37(25-11-12-25)27-8-5-9-29(21-27)44-36-18-16-31-30(36)14-15-32(34-22-28(43-4)13-17-35(34)40)38(31)33-10-6-7-26-19-20-41(3)39(26)33;1-17(32)14-25(18-6-7-18)19-4-3-5-21(15-19)34-28-13-11-23-22(28)9-10-24(29(23)31)26-16-20(33-2)8-12-27(26)30;1-17(18(2)31)29(19-6-7-19)22-4-3-5-24(15-22)33-28-13-9-20-14-21(8-11-25(20)28)26-16-23(32)10-12-27(26)30/h5-10,13-15,17,19-23,25,36-37H,11-12,16,18H2,1-4H3;3-5,8-10,12,15-16,18,25,28H,6-7,11,13-14H2,1-2H3;3-5,8,10-12,14-17,19,28-29,32H,6-7,9,13H2,1-2H3/t23-,36-,37+;25-,28+;17-,28-,29+/m101/s1. The highest BCUT2D eigenvalue weighted by Gasteiger charge is 2.41. The van der Waals surface area contributed by atoms with E-state index in [2.05, 4.69) is 91.5 Å². The molecule has 10 aromatic carbocycles. The molecule has 14 heteroatoms. The summed E-state index contributed by atoms with van der Waals surface area (Å²) in [6.07, 6.45) is 13.8. The molecule has 8 atom stereocenters. The molecule has 17 rings (SSSR count). The fraction of sp³-hybridized carbons (Fsp3) is 0.330. The van der Waals surface area contributed by atoms with Gasteiger partial charge in [-0.1, -0.05) is 111 Å². The maximum absolute atomic E-state index is 15.5. The Bertz CT molecular complexity index is 5340. The number of aryl methyl sites for hydroxylation is 2. The fourth-order valence-corrected chi connectivity index (χ4v) is 17.7. The van der Waals surface area contributed by atoms with Crippen molar-refractivity contribution in [1.82, 2.24) is 4.57 Å². The Balaban J connectivity index is 0.000000134. The van der Waals surface area contributed by atoms with Gasteiger partial charge in [-0.15, -0.1) is 0 Å². The summed E-state index contributed by atoms with van der Waals surface area (Å²) in [5, 5.41) is 10.9. The normalized spacial score (nSPS) is 18.0. The molecular weight excluding hydrogens is 1400 g/mol. The molecule has 0 spiro atoms. The predicted octanol–water partition coefficient (Wildman–Crippen LogP) is 23.6. The van der Waals surface area contributed by atoms with Gasteiger partial charge in [0.15, 0.2) is 0 Å². The van der Waals surface area contributed by atoms with Gasteiger partial charge in [0.25, 0.3) is 0 Å². The fourth-order valence-electron chi connectivity index (χ4n) is 17.7. The molecule has 570 valence electrons. The Labute approximate surface area is 647 Å². The molecule has 0 radical (unpaired) electrons. The van der Waals surface area contributed by atoms with Gasteiger partial charge in [-0.3, -0.25) is 9.59 Å². The average Bonchev–Trinajstić information content (AvgIpc) is 1.73. The van der Waals surface area contributed by atoms with Gasteiger partial charge in [0.2, 0.25) is 0 Å². The zero-order chi connectivity index (χ0) is 77.5. The SMILES string of the molecule is CC(=O)[C@@H](C)[C@H](c1cccc(O[C@@H]2CCc3cc(-c4cc(O)ccc4F)ccc32)c1)C1CC1.COc1ccc(F)c(-c2ccc3c(c2-c2cccc4ccn(C)c24)CC[C@H]3Oc2cccc([C@H](C3CC3)[C@H](C)C(C)=O)c2)c1.COc1ccc(F)c(-c2ccc3c(c2F)CC[C@H]3Oc2cccc([C@@H](CC(C)=O)C3CC3)c2)c1. The van der Waals surface area contributed by atoms with Gasteiger partial charge in [0, 0.05) is 64.7 Å². The van der Waals surface area contributed by atoms with Crippen LogP contribution in [0, 0.1) is 52.9 Å². The summed E-state index contributed by atoms with van der Waals surface area (Å²) in [6.45, 7) is 9.13. The van der Waals surface area contributed by atoms with Crippen LogP contribution < -0.4 is 23.7 Å². The van der Waals surface area contributed by atoms with Crippen molar-refractivity contribution in [3.63, 3.8) is 0 Å². The van der Waals surface area contributed by atoms with E-state index in [1.165, 1.54) is 91.9 Å². The second kappa shape index (κ2) is 32.3. The molecule has 0 saturated heterocycles. The molecule has 3 fully saturated rings. The number of nitrogens with zero attached hydrogens (tertiary/aromatic N) is 1. The molecular formula is C97H95F4NO9. The van der Waals surface area contributed by atoms with E-state index in [4.69, 9.17) is 23.7 Å². The van der Waals surface area contributed by atoms with Crippen molar-refractivity contribution in [2.24, 2.45) is 36.6 Å². The highest BCUT2D eigenvalue weighted by molar-refractivity contribution is 6.01. The first kappa shape index (κ1) is 75.7. The zero-order valence-corrected chi connectivity index (χ0v) is 64.3. The minimum atomic E-state index is -0.488. The Kier molecular flexibility index (Phi) is 22.0. The Morgan fingerprint density at radius 1 is 0.450 bits per heavy atom. The minimum Gasteiger partial charge on any atom is -0.508 e. The Morgan fingerprint density at radius 2 is 0.937 bits per heavy atom. The summed E-state index contributed by atoms with van der Waals surface area (Å²) in [4.78, 5) is 36.2. The third kappa shape index (κ3) is 16.3. The third-order valence-corrected chi connectivity index (χ3v) is 24.1. The number of halogens is 4. The van der Waals surface area contributed by atoms with Crippen molar-refractivity contribution in [2.75, 3.05) is 14.2 Å². The predicted molar refractivity (Wildman–Crippen MR) is 428 cm³/mol. The number of carbonyl (C=O) groups excluding carboxylic acids is 3. The van der Waals surface area contributed by atoms with Crippen LogP contribution in [0.1, 0.15) is 185 Å². The molecule has 3 saturated carbocycles. The Hall–Kier alpha value is -10.7.